The van der Waals surface area contributed by atoms with Crippen LogP contribution in [0.3, 0.4) is 0 Å². The minimum absolute atomic E-state index is 0.111. The van der Waals surface area contributed by atoms with Gasteiger partial charge in [-0.2, -0.15) is 0 Å². The molecule has 1 aliphatic rings. The Hall–Kier alpha value is -2.93. The van der Waals surface area contributed by atoms with Crippen molar-refractivity contribution in [2.75, 3.05) is 6.61 Å². The third-order valence-corrected chi connectivity index (χ3v) is 4.80. The lowest BCUT2D eigenvalue weighted by Gasteiger charge is -2.16. The monoisotopic (exact) mass is 383 g/mol. The number of ether oxygens (including phenoxy) is 1. The summed E-state index contributed by atoms with van der Waals surface area (Å²) in [6, 6.07) is 12.5. The molecular weight excluding hydrogens is 358 g/mol. The van der Waals surface area contributed by atoms with Gasteiger partial charge in [0, 0.05) is 24.9 Å². The Balaban J connectivity index is 1.39. The summed E-state index contributed by atoms with van der Waals surface area (Å²) in [6.07, 6.45) is 3.58. The number of carbonyl (C=O) groups excluding carboxylic acids is 2. The van der Waals surface area contributed by atoms with Crippen molar-refractivity contribution in [1.82, 2.24) is 15.6 Å². The van der Waals surface area contributed by atoms with Crippen LogP contribution in [0.5, 0.6) is 5.75 Å². The Morgan fingerprint density at radius 1 is 1.11 bits per heavy atom. The second-order valence-electron chi connectivity index (χ2n) is 6.89. The molecule has 148 valence electrons. The van der Waals surface area contributed by atoms with Gasteiger partial charge in [-0.25, -0.2) is 0 Å². The fourth-order valence-corrected chi connectivity index (χ4v) is 3.28. The lowest BCUT2D eigenvalue weighted by atomic mass is 10.1. The van der Waals surface area contributed by atoms with Gasteiger partial charge in [0.2, 0.25) is 11.8 Å². The minimum atomic E-state index is -0.726. The third-order valence-electron chi connectivity index (χ3n) is 4.80. The molecule has 1 aromatic carbocycles. The molecule has 1 heterocycles. The van der Waals surface area contributed by atoms with E-state index in [1.807, 2.05) is 42.5 Å². The van der Waals surface area contributed by atoms with E-state index >= 15 is 0 Å². The zero-order valence-electron chi connectivity index (χ0n) is 15.6. The highest BCUT2D eigenvalue weighted by atomic mass is 16.5. The van der Waals surface area contributed by atoms with Crippen LogP contribution in [-0.2, 0) is 16.1 Å². The number of nitrogens with zero attached hydrogens (tertiary/aromatic N) is 1. The van der Waals surface area contributed by atoms with Gasteiger partial charge in [0.1, 0.15) is 5.75 Å². The van der Waals surface area contributed by atoms with Crippen molar-refractivity contribution in [3.63, 3.8) is 0 Å². The average molecular weight is 383 g/mol. The van der Waals surface area contributed by atoms with Crippen molar-refractivity contribution >= 4 is 11.8 Å². The van der Waals surface area contributed by atoms with Crippen LogP contribution in [0.1, 0.15) is 24.8 Å². The molecule has 3 N–H and O–H groups in total. The van der Waals surface area contributed by atoms with Crippen LogP contribution in [0.2, 0.25) is 0 Å². The molecule has 1 saturated carbocycles. The summed E-state index contributed by atoms with van der Waals surface area (Å²) in [4.78, 5) is 28.4. The Labute approximate surface area is 164 Å². The molecular formula is C21H25N3O4. The number of aliphatic hydroxyl groups excluding tert-OH is 1. The minimum Gasteiger partial charge on any atom is -0.493 e. The summed E-state index contributed by atoms with van der Waals surface area (Å²) < 4.78 is 5.51. The number of pyridine rings is 1. The van der Waals surface area contributed by atoms with Crippen LogP contribution in [0.15, 0.2) is 54.9 Å². The van der Waals surface area contributed by atoms with E-state index in [0.29, 0.717) is 25.1 Å². The van der Waals surface area contributed by atoms with Crippen molar-refractivity contribution in [2.24, 2.45) is 5.92 Å². The molecule has 1 aliphatic carbocycles. The molecule has 28 heavy (non-hydrogen) atoms. The molecule has 0 bridgehead atoms. The van der Waals surface area contributed by atoms with E-state index in [-0.39, 0.29) is 30.8 Å². The second kappa shape index (κ2) is 9.85. The lowest BCUT2D eigenvalue weighted by molar-refractivity contribution is -0.125. The normalized spacial score (nSPS) is 21.1. The van der Waals surface area contributed by atoms with Crippen molar-refractivity contribution in [3.8, 4) is 5.75 Å². The Morgan fingerprint density at radius 2 is 1.86 bits per heavy atom. The van der Waals surface area contributed by atoms with E-state index in [2.05, 4.69) is 15.6 Å². The Kier molecular flexibility index (Phi) is 6.97. The standard InChI is InChI=1S/C21H25N3O4/c25-19-13-16(21(27)23-14-15-6-9-22-10-7-15)12-18(19)24-20(26)8-11-28-17-4-2-1-3-5-17/h1-7,9-10,16,18-19,25H,8,11-14H2,(H,23,27)(H,24,26)/t16-,18-,19-/m0/s1. The summed E-state index contributed by atoms with van der Waals surface area (Å²) in [7, 11) is 0. The Morgan fingerprint density at radius 3 is 2.61 bits per heavy atom. The van der Waals surface area contributed by atoms with E-state index in [1.165, 1.54) is 0 Å². The van der Waals surface area contributed by atoms with E-state index in [1.54, 1.807) is 12.4 Å². The molecule has 0 saturated heterocycles. The molecule has 1 aromatic heterocycles. The quantitative estimate of drug-likeness (QED) is 0.640. The molecule has 0 aliphatic heterocycles. The van der Waals surface area contributed by atoms with Gasteiger partial charge in [0.15, 0.2) is 0 Å². The number of para-hydroxylation sites is 1. The summed E-state index contributed by atoms with van der Waals surface area (Å²) in [5, 5.41) is 15.9. The van der Waals surface area contributed by atoms with Crippen molar-refractivity contribution in [1.29, 1.82) is 0 Å². The van der Waals surface area contributed by atoms with Gasteiger partial charge in [0.25, 0.3) is 0 Å². The smallest absolute Gasteiger partial charge is 0.223 e. The van der Waals surface area contributed by atoms with E-state index in [0.717, 1.165) is 5.56 Å². The van der Waals surface area contributed by atoms with Gasteiger partial charge in [-0.1, -0.05) is 18.2 Å². The number of aliphatic hydroxyl groups is 1. The zero-order chi connectivity index (χ0) is 19.8. The molecule has 2 aromatic rings. The van der Waals surface area contributed by atoms with Crippen LogP contribution in [-0.4, -0.2) is 40.7 Å². The van der Waals surface area contributed by atoms with Crippen LogP contribution in [0.4, 0.5) is 0 Å². The van der Waals surface area contributed by atoms with E-state index < -0.39 is 12.1 Å². The fraction of sp³-hybridized carbons (Fsp3) is 0.381. The highest BCUT2D eigenvalue weighted by Crippen LogP contribution is 2.26. The molecule has 0 unspecified atom stereocenters. The highest BCUT2D eigenvalue weighted by molar-refractivity contribution is 5.80. The summed E-state index contributed by atoms with van der Waals surface area (Å²) in [5.74, 6) is 0.0858. The third kappa shape index (κ3) is 5.79. The average Bonchev–Trinajstić information content (AvgIpc) is 3.08. The van der Waals surface area contributed by atoms with Crippen molar-refractivity contribution in [3.05, 3.63) is 60.4 Å². The maximum absolute atomic E-state index is 12.4. The number of carbonyl (C=O) groups is 2. The first-order valence-corrected chi connectivity index (χ1v) is 9.43. The van der Waals surface area contributed by atoms with Gasteiger partial charge in [0.05, 0.1) is 25.2 Å². The Bertz CT molecular complexity index is 770. The number of nitrogens with one attached hydrogen (secondary N) is 2. The van der Waals surface area contributed by atoms with Crippen LogP contribution >= 0.6 is 0 Å². The molecule has 7 nitrogen and oxygen atoms in total. The molecule has 0 radical (unpaired) electrons. The van der Waals surface area contributed by atoms with E-state index in [9.17, 15) is 14.7 Å². The number of benzene rings is 1. The van der Waals surface area contributed by atoms with Gasteiger partial charge < -0.3 is 20.5 Å². The molecule has 3 rings (SSSR count). The van der Waals surface area contributed by atoms with Crippen LogP contribution < -0.4 is 15.4 Å². The van der Waals surface area contributed by atoms with Gasteiger partial charge >= 0.3 is 0 Å². The largest absolute Gasteiger partial charge is 0.493 e. The van der Waals surface area contributed by atoms with Crippen molar-refractivity contribution < 1.29 is 19.4 Å². The molecule has 7 heteroatoms. The first-order valence-electron chi connectivity index (χ1n) is 9.43. The maximum atomic E-state index is 12.4. The predicted octanol–water partition coefficient (Wildman–Crippen LogP) is 1.42. The SMILES string of the molecule is O=C(CCOc1ccccc1)N[C@H]1C[C@H](C(=O)NCc2ccncc2)C[C@@H]1O. The summed E-state index contributed by atoms with van der Waals surface area (Å²) in [6.45, 7) is 0.677. The van der Waals surface area contributed by atoms with Gasteiger partial charge in [-0.15, -0.1) is 0 Å². The first-order chi connectivity index (χ1) is 13.6. The lowest BCUT2D eigenvalue weighted by Crippen LogP contribution is -2.40. The first kappa shape index (κ1) is 19.8. The van der Waals surface area contributed by atoms with Crippen LogP contribution in [0.25, 0.3) is 0 Å². The van der Waals surface area contributed by atoms with Crippen molar-refractivity contribution in [2.45, 2.75) is 38.0 Å². The molecule has 2 amide bonds. The van der Waals surface area contributed by atoms with E-state index in [4.69, 9.17) is 4.74 Å². The zero-order valence-corrected chi connectivity index (χ0v) is 15.6. The number of aromatic nitrogens is 1. The topological polar surface area (TPSA) is 101 Å². The molecule has 3 atom stereocenters. The second-order valence-corrected chi connectivity index (χ2v) is 6.89. The number of hydrogen-bond donors (Lipinski definition) is 3. The van der Waals surface area contributed by atoms with Gasteiger partial charge in [-0.05, 0) is 42.7 Å². The summed E-state index contributed by atoms with van der Waals surface area (Å²) >= 11 is 0. The number of hydrogen-bond acceptors (Lipinski definition) is 5. The fourth-order valence-electron chi connectivity index (χ4n) is 3.28. The number of rotatable bonds is 8. The summed E-state index contributed by atoms with van der Waals surface area (Å²) in [5.41, 5.74) is 0.963. The molecule has 1 fully saturated rings. The predicted molar refractivity (Wildman–Crippen MR) is 103 cm³/mol. The molecule has 0 spiro atoms. The number of amides is 2. The maximum Gasteiger partial charge on any atom is 0.223 e. The van der Waals surface area contributed by atoms with Gasteiger partial charge in [-0.3, -0.25) is 14.6 Å². The van der Waals surface area contributed by atoms with Crippen LogP contribution in [0, 0.1) is 5.92 Å². The highest BCUT2D eigenvalue weighted by Gasteiger charge is 2.37.